The first kappa shape index (κ1) is 28.6. The van der Waals surface area contributed by atoms with Gasteiger partial charge in [-0.15, -0.1) is 0 Å². The molecule has 1 unspecified atom stereocenters. The number of hydrogen-bond donors (Lipinski definition) is 1. The molecule has 2 heterocycles. The lowest BCUT2D eigenvalue weighted by Gasteiger charge is -2.42. The van der Waals surface area contributed by atoms with Crippen molar-refractivity contribution < 1.29 is 0 Å². The summed E-state index contributed by atoms with van der Waals surface area (Å²) in [6.07, 6.45) is 5.45. The van der Waals surface area contributed by atoms with Crippen LogP contribution in [0.4, 0.5) is 23.0 Å². The van der Waals surface area contributed by atoms with Crippen molar-refractivity contribution in [3.63, 3.8) is 0 Å². The lowest BCUT2D eigenvalue weighted by atomic mass is 9.67. The van der Waals surface area contributed by atoms with E-state index in [0.29, 0.717) is 11.8 Å². The molecule has 212 valence electrons. The Balaban J connectivity index is 1.80. The third-order valence-electron chi connectivity index (χ3n) is 9.12. The number of aromatic nitrogens is 2. The largest absolute Gasteiger partial charge is 0.337 e. The Hall–Kier alpha value is -3.92. The molecule has 0 fully saturated rings. The van der Waals surface area contributed by atoms with Gasteiger partial charge in [-0.3, -0.25) is 0 Å². The molecule has 4 nitrogen and oxygen atoms in total. The first-order valence-electron chi connectivity index (χ1n) is 15.1. The van der Waals surface area contributed by atoms with E-state index in [1.807, 2.05) is 0 Å². The van der Waals surface area contributed by atoms with E-state index in [1.54, 1.807) is 12.4 Å². The molecule has 0 aliphatic carbocycles. The number of rotatable bonds is 6. The number of fused-ring (bicyclic) bond motifs is 2. The van der Waals surface area contributed by atoms with Gasteiger partial charge in [0.15, 0.2) is 11.6 Å². The molecule has 1 aliphatic rings. The molecule has 1 aliphatic heterocycles. The van der Waals surface area contributed by atoms with Crippen LogP contribution in [-0.2, 0) is 5.41 Å². The highest BCUT2D eigenvalue weighted by atomic mass is 15.3. The summed E-state index contributed by atoms with van der Waals surface area (Å²) in [4.78, 5) is 12.1. The number of hydrogen-bond acceptors (Lipinski definition) is 4. The molecule has 1 aromatic heterocycles. The van der Waals surface area contributed by atoms with E-state index in [-0.39, 0.29) is 11.5 Å². The molecule has 0 bridgehead atoms. The molecular formula is C37H44N4. The second-order valence-electron chi connectivity index (χ2n) is 12.0. The molecule has 0 saturated carbocycles. The number of nitrogens with zero attached hydrogens (tertiary/aromatic N) is 3. The van der Waals surface area contributed by atoms with Crippen LogP contribution >= 0.6 is 0 Å². The Bertz CT molecular complexity index is 1510. The number of nitrogens with one attached hydrogen (secondary N) is 1. The summed E-state index contributed by atoms with van der Waals surface area (Å²) >= 11 is 0. The van der Waals surface area contributed by atoms with Gasteiger partial charge in [0.2, 0.25) is 0 Å². The van der Waals surface area contributed by atoms with Crippen LogP contribution in [0.1, 0.15) is 89.8 Å². The van der Waals surface area contributed by atoms with Crippen LogP contribution in [0.2, 0.25) is 0 Å². The van der Waals surface area contributed by atoms with E-state index in [9.17, 15) is 0 Å². The van der Waals surface area contributed by atoms with E-state index in [4.69, 9.17) is 16.5 Å². The first-order valence-corrected chi connectivity index (χ1v) is 15.1. The van der Waals surface area contributed by atoms with Crippen LogP contribution in [0.5, 0.6) is 0 Å². The maximum atomic E-state index is 4.92. The summed E-state index contributed by atoms with van der Waals surface area (Å²) in [6.45, 7) is 20.8. The average Bonchev–Trinajstić information content (AvgIpc) is 3.02. The summed E-state index contributed by atoms with van der Waals surface area (Å²) in [7, 11) is 0. The molecule has 0 radical (unpaired) electrons. The molecule has 0 spiro atoms. The van der Waals surface area contributed by atoms with Crippen LogP contribution in [0.15, 0.2) is 91.3 Å². The summed E-state index contributed by atoms with van der Waals surface area (Å²) in [5, 5.41) is 3.80. The predicted molar refractivity (Wildman–Crippen MR) is 175 cm³/mol. The molecule has 0 saturated heterocycles. The first-order chi connectivity index (χ1) is 19.7. The highest BCUT2D eigenvalue weighted by Gasteiger charge is 2.41. The summed E-state index contributed by atoms with van der Waals surface area (Å²) < 4.78 is 0. The van der Waals surface area contributed by atoms with Crippen molar-refractivity contribution >= 4 is 23.0 Å². The summed E-state index contributed by atoms with van der Waals surface area (Å²) in [6, 6.07) is 24.4. The molecule has 0 amide bonds. The molecule has 4 aromatic rings. The van der Waals surface area contributed by atoms with Crippen molar-refractivity contribution in [2.75, 3.05) is 10.2 Å². The smallest absolute Gasteiger partial charge is 0.177 e. The minimum absolute atomic E-state index is 0.0145. The van der Waals surface area contributed by atoms with Crippen LogP contribution in [0, 0.1) is 0 Å². The lowest BCUT2D eigenvalue weighted by Crippen LogP contribution is -2.39. The van der Waals surface area contributed by atoms with Crippen LogP contribution in [0.25, 0.3) is 11.1 Å². The van der Waals surface area contributed by atoms with Crippen LogP contribution in [-0.4, -0.2) is 16.0 Å². The van der Waals surface area contributed by atoms with Gasteiger partial charge in [0, 0.05) is 29.2 Å². The molecule has 41 heavy (non-hydrogen) atoms. The van der Waals surface area contributed by atoms with Crippen molar-refractivity contribution in [3.05, 3.63) is 108 Å². The van der Waals surface area contributed by atoms with Gasteiger partial charge in [-0.2, -0.15) is 0 Å². The van der Waals surface area contributed by atoms with Crippen molar-refractivity contribution in [2.45, 2.75) is 84.6 Å². The third-order valence-corrected chi connectivity index (χ3v) is 9.12. The zero-order valence-electron chi connectivity index (χ0n) is 25.7. The van der Waals surface area contributed by atoms with Gasteiger partial charge in [-0.25, -0.2) is 9.97 Å². The van der Waals surface area contributed by atoms with E-state index >= 15 is 0 Å². The quantitative estimate of drug-likeness (QED) is 0.245. The molecular weight excluding hydrogens is 500 g/mol. The summed E-state index contributed by atoms with van der Waals surface area (Å²) in [5.74, 6) is 2.39. The Labute approximate surface area is 246 Å². The van der Waals surface area contributed by atoms with Crippen LogP contribution < -0.4 is 10.2 Å². The number of anilines is 4. The second kappa shape index (κ2) is 11.5. The topological polar surface area (TPSA) is 41.1 Å². The number of benzene rings is 3. The van der Waals surface area contributed by atoms with Gasteiger partial charge >= 0.3 is 0 Å². The van der Waals surface area contributed by atoms with Crippen LogP contribution in [0.3, 0.4) is 0 Å². The Morgan fingerprint density at radius 3 is 2.15 bits per heavy atom. The Morgan fingerprint density at radius 2 is 1.54 bits per heavy atom. The maximum Gasteiger partial charge on any atom is 0.177 e. The molecule has 1 N–H and O–H groups in total. The van der Waals surface area contributed by atoms with Gasteiger partial charge in [-0.1, -0.05) is 96.7 Å². The van der Waals surface area contributed by atoms with Crippen molar-refractivity contribution in [2.24, 2.45) is 0 Å². The fourth-order valence-electron chi connectivity index (χ4n) is 6.55. The van der Waals surface area contributed by atoms with Gasteiger partial charge < -0.3 is 10.2 Å². The fourth-order valence-corrected chi connectivity index (χ4v) is 6.55. The molecule has 1 atom stereocenters. The summed E-state index contributed by atoms with van der Waals surface area (Å²) in [5.41, 5.74) is 9.55. The van der Waals surface area contributed by atoms with Crippen molar-refractivity contribution in [1.82, 2.24) is 9.97 Å². The van der Waals surface area contributed by atoms with E-state index in [2.05, 4.69) is 125 Å². The normalized spacial score (nSPS) is 16.5. The van der Waals surface area contributed by atoms with E-state index < -0.39 is 0 Å². The monoisotopic (exact) mass is 544 g/mol. The van der Waals surface area contributed by atoms with Crippen molar-refractivity contribution in [3.8, 4) is 11.1 Å². The van der Waals surface area contributed by atoms with Gasteiger partial charge in [0.05, 0.1) is 6.04 Å². The zero-order valence-corrected chi connectivity index (χ0v) is 25.7. The highest BCUT2D eigenvalue weighted by Crippen LogP contribution is 2.50. The third kappa shape index (κ3) is 5.05. The predicted octanol–water partition coefficient (Wildman–Crippen LogP) is 10.3. The standard InChI is InChI=1S/C37H44N4/c1-9-37(10-2)26(7)27(8)41(30-18-16-28(17-19-30)24(3)4)36-35(38-20-21-39-36)40-34-23-32(29-14-12-11-13-15-29)31(25(5)6)22-33(34)37/h11-25,27H,7,9-10H2,1-6,8H3,(H,38,40). The SMILES string of the molecule is C=C1C(C)N(c2ccc(C(C)C)cc2)c2nccnc2Nc2cc(-c3ccccc3)c(C(C)C)cc2C1(CC)CC. The van der Waals surface area contributed by atoms with Gasteiger partial charge in [0.25, 0.3) is 0 Å². The zero-order chi connectivity index (χ0) is 29.3. The average molecular weight is 545 g/mol. The molecule has 4 heteroatoms. The minimum atomic E-state index is -0.237. The Kier molecular flexibility index (Phi) is 8.04. The van der Waals surface area contributed by atoms with Gasteiger partial charge in [-0.05, 0) is 83.2 Å². The highest BCUT2D eigenvalue weighted by molar-refractivity contribution is 5.82. The molecule has 3 aromatic carbocycles. The van der Waals surface area contributed by atoms with E-state index in [1.165, 1.54) is 33.4 Å². The van der Waals surface area contributed by atoms with Crippen molar-refractivity contribution in [1.29, 1.82) is 0 Å². The maximum absolute atomic E-state index is 4.92. The fraction of sp³-hybridized carbons (Fsp3) is 0.351. The lowest BCUT2D eigenvalue weighted by molar-refractivity contribution is 0.443. The van der Waals surface area contributed by atoms with Gasteiger partial charge in [0.1, 0.15) is 0 Å². The Morgan fingerprint density at radius 1 is 0.878 bits per heavy atom. The minimum Gasteiger partial charge on any atom is -0.337 e. The van der Waals surface area contributed by atoms with E-state index in [0.717, 1.165) is 35.9 Å². The second-order valence-corrected chi connectivity index (χ2v) is 12.0. The molecule has 5 rings (SSSR count).